The maximum absolute atomic E-state index is 9.35. The van der Waals surface area contributed by atoms with Gasteiger partial charge in [-0.1, -0.05) is 11.6 Å². The molecule has 2 nitrogen and oxygen atoms in total. The Labute approximate surface area is 114 Å². The van der Waals surface area contributed by atoms with Crippen LogP contribution in [0.3, 0.4) is 0 Å². The summed E-state index contributed by atoms with van der Waals surface area (Å²) in [4.78, 5) is 2.38. The van der Waals surface area contributed by atoms with Crippen molar-refractivity contribution in [3.8, 4) is 6.07 Å². The molecule has 1 aliphatic heterocycles. The van der Waals surface area contributed by atoms with Gasteiger partial charge >= 0.3 is 0 Å². The Balaban J connectivity index is 2.43. The zero-order chi connectivity index (χ0) is 13.2. The molecular weight excluding hydrogens is 244 g/mol. The van der Waals surface area contributed by atoms with Crippen LogP contribution in [0.25, 0.3) is 0 Å². The average molecular weight is 263 g/mol. The average Bonchev–Trinajstić information content (AvgIpc) is 2.39. The third-order valence-electron chi connectivity index (χ3n) is 3.61. The molecule has 1 fully saturated rings. The van der Waals surface area contributed by atoms with Gasteiger partial charge in [-0.3, -0.25) is 0 Å². The molecule has 1 saturated heterocycles. The molecule has 0 unspecified atom stereocenters. The van der Waals surface area contributed by atoms with E-state index in [-0.39, 0.29) is 0 Å². The van der Waals surface area contributed by atoms with Gasteiger partial charge < -0.3 is 4.90 Å². The van der Waals surface area contributed by atoms with E-state index in [0.29, 0.717) is 5.02 Å². The molecule has 0 aliphatic carbocycles. The van der Waals surface area contributed by atoms with E-state index < -0.39 is 5.41 Å². The smallest absolute Gasteiger partial charge is 0.0786 e. The van der Waals surface area contributed by atoms with Crippen molar-refractivity contribution in [3.63, 3.8) is 0 Å². The molecule has 96 valence electrons. The first kappa shape index (κ1) is 13.2. The van der Waals surface area contributed by atoms with E-state index in [1.54, 1.807) is 0 Å². The van der Waals surface area contributed by atoms with E-state index in [1.165, 1.54) is 24.9 Å². The highest BCUT2D eigenvalue weighted by Crippen LogP contribution is 2.35. The van der Waals surface area contributed by atoms with Gasteiger partial charge in [0.1, 0.15) is 0 Å². The van der Waals surface area contributed by atoms with Crippen LogP contribution < -0.4 is 4.90 Å². The highest BCUT2D eigenvalue weighted by atomic mass is 35.5. The molecule has 2 rings (SSSR count). The van der Waals surface area contributed by atoms with E-state index in [9.17, 15) is 5.26 Å². The van der Waals surface area contributed by atoms with Gasteiger partial charge in [-0.25, -0.2) is 0 Å². The summed E-state index contributed by atoms with van der Waals surface area (Å²) in [5, 5.41) is 10.1. The summed E-state index contributed by atoms with van der Waals surface area (Å²) in [6, 6.07) is 8.29. The lowest BCUT2D eigenvalue weighted by atomic mass is 9.84. The van der Waals surface area contributed by atoms with Gasteiger partial charge in [-0.15, -0.1) is 0 Å². The van der Waals surface area contributed by atoms with E-state index in [4.69, 9.17) is 11.6 Å². The lowest BCUT2D eigenvalue weighted by Gasteiger charge is -2.33. The van der Waals surface area contributed by atoms with Crippen molar-refractivity contribution < 1.29 is 0 Å². The molecule has 0 spiro atoms. The van der Waals surface area contributed by atoms with E-state index >= 15 is 0 Å². The number of benzene rings is 1. The molecule has 0 bridgehead atoms. The molecule has 1 aliphatic rings. The Morgan fingerprint density at radius 3 is 2.50 bits per heavy atom. The minimum Gasteiger partial charge on any atom is -0.371 e. The zero-order valence-corrected chi connectivity index (χ0v) is 11.8. The Morgan fingerprint density at radius 1 is 1.22 bits per heavy atom. The lowest BCUT2D eigenvalue weighted by Crippen LogP contribution is -2.32. The molecule has 1 aromatic rings. The Kier molecular flexibility index (Phi) is 3.82. The first-order chi connectivity index (χ1) is 8.54. The van der Waals surface area contributed by atoms with Gasteiger partial charge in [0, 0.05) is 23.8 Å². The van der Waals surface area contributed by atoms with E-state index in [1.807, 2.05) is 26.0 Å². The summed E-state index contributed by atoms with van der Waals surface area (Å²) >= 11 is 6.09. The van der Waals surface area contributed by atoms with Crippen LogP contribution in [0, 0.1) is 11.3 Å². The highest BCUT2D eigenvalue weighted by molar-refractivity contribution is 6.30. The van der Waals surface area contributed by atoms with Crippen molar-refractivity contribution in [1.29, 1.82) is 5.26 Å². The standard InChI is InChI=1S/C15H19ClN2/c1-15(2,11-17)13-10-12(16)6-7-14(13)18-8-4-3-5-9-18/h6-7,10H,3-5,8-9H2,1-2H3. The monoisotopic (exact) mass is 262 g/mol. The first-order valence-corrected chi connectivity index (χ1v) is 6.88. The molecule has 18 heavy (non-hydrogen) atoms. The summed E-state index contributed by atoms with van der Waals surface area (Å²) in [6.45, 7) is 6.06. The number of piperidine rings is 1. The second-order valence-corrected chi connectivity index (χ2v) is 5.88. The fourth-order valence-electron chi connectivity index (χ4n) is 2.48. The fourth-order valence-corrected chi connectivity index (χ4v) is 2.65. The Morgan fingerprint density at radius 2 is 1.89 bits per heavy atom. The van der Waals surface area contributed by atoms with Gasteiger partial charge in [0.05, 0.1) is 11.5 Å². The van der Waals surface area contributed by atoms with Gasteiger partial charge in [-0.05, 0) is 56.9 Å². The van der Waals surface area contributed by atoms with Crippen molar-refractivity contribution in [3.05, 3.63) is 28.8 Å². The van der Waals surface area contributed by atoms with Crippen LogP contribution in [0.5, 0.6) is 0 Å². The van der Waals surface area contributed by atoms with Crippen molar-refractivity contribution in [2.24, 2.45) is 0 Å². The van der Waals surface area contributed by atoms with Crippen molar-refractivity contribution in [1.82, 2.24) is 0 Å². The predicted octanol–water partition coefficient (Wildman–Crippen LogP) is 4.13. The van der Waals surface area contributed by atoms with Gasteiger partial charge in [0.2, 0.25) is 0 Å². The van der Waals surface area contributed by atoms with Gasteiger partial charge in [0.15, 0.2) is 0 Å². The maximum atomic E-state index is 9.35. The molecule has 1 aromatic carbocycles. The molecular formula is C15H19ClN2. The molecule has 0 atom stereocenters. The summed E-state index contributed by atoms with van der Waals surface area (Å²) in [5.41, 5.74) is 1.71. The number of hydrogen-bond donors (Lipinski definition) is 0. The van der Waals surface area contributed by atoms with Crippen molar-refractivity contribution in [2.45, 2.75) is 38.5 Å². The molecule has 0 saturated carbocycles. The Hall–Kier alpha value is -1.20. The summed E-state index contributed by atoms with van der Waals surface area (Å²) in [7, 11) is 0. The summed E-state index contributed by atoms with van der Waals surface area (Å²) in [5.74, 6) is 0. The largest absolute Gasteiger partial charge is 0.371 e. The van der Waals surface area contributed by atoms with Crippen molar-refractivity contribution in [2.75, 3.05) is 18.0 Å². The van der Waals surface area contributed by atoms with E-state index in [2.05, 4.69) is 17.0 Å². The minimum absolute atomic E-state index is 0.502. The molecule has 1 heterocycles. The zero-order valence-electron chi connectivity index (χ0n) is 11.0. The lowest BCUT2D eigenvalue weighted by molar-refractivity contribution is 0.571. The second kappa shape index (κ2) is 5.20. The summed E-state index contributed by atoms with van der Waals surface area (Å²) in [6.07, 6.45) is 3.77. The minimum atomic E-state index is -0.502. The number of rotatable bonds is 2. The van der Waals surface area contributed by atoms with Crippen LogP contribution in [0.4, 0.5) is 5.69 Å². The normalized spacial score (nSPS) is 16.4. The maximum Gasteiger partial charge on any atom is 0.0786 e. The number of nitrogens with zero attached hydrogens (tertiary/aromatic N) is 2. The molecule has 0 amide bonds. The van der Waals surface area contributed by atoms with Gasteiger partial charge in [0.25, 0.3) is 0 Å². The van der Waals surface area contributed by atoms with Crippen LogP contribution in [-0.4, -0.2) is 13.1 Å². The predicted molar refractivity (Wildman–Crippen MR) is 76.2 cm³/mol. The first-order valence-electron chi connectivity index (χ1n) is 6.51. The fraction of sp³-hybridized carbons (Fsp3) is 0.533. The van der Waals surface area contributed by atoms with Crippen LogP contribution in [0.15, 0.2) is 18.2 Å². The number of hydrogen-bond acceptors (Lipinski definition) is 2. The Bertz CT molecular complexity index is 468. The van der Waals surface area contributed by atoms with Crippen LogP contribution in [-0.2, 0) is 5.41 Å². The molecule has 0 radical (unpaired) electrons. The second-order valence-electron chi connectivity index (χ2n) is 5.45. The topological polar surface area (TPSA) is 27.0 Å². The molecule has 0 N–H and O–H groups in total. The summed E-state index contributed by atoms with van der Waals surface area (Å²) < 4.78 is 0. The van der Waals surface area contributed by atoms with Crippen LogP contribution >= 0.6 is 11.6 Å². The van der Waals surface area contributed by atoms with Gasteiger partial charge in [-0.2, -0.15) is 5.26 Å². The quantitative estimate of drug-likeness (QED) is 0.801. The molecule has 0 aromatic heterocycles. The van der Waals surface area contributed by atoms with Crippen molar-refractivity contribution >= 4 is 17.3 Å². The van der Waals surface area contributed by atoms with E-state index in [0.717, 1.165) is 18.7 Å². The highest BCUT2D eigenvalue weighted by Gasteiger charge is 2.26. The van der Waals surface area contributed by atoms with Crippen LogP contribution in [0.2, 0.25) is 5.02 Å². The number of nitriles is 1. The SMILES string of the molecule is CC(C)(C#N)c1cc(Cl)ccc1N1CCCCC1. The molecule has 3 heteroatoms. The third kappa shape index (κ3) is 2.62. The number of halogens is 1. The van der Waals surface area contributed by atoms with Crippen LogP contribution in [0.1, 0.15) is 38.7 Å². The number of anilines is 1. The third-order valence-corrected chi connectivity index (χ3v) is 3.84.